The van der Waals surface area contributed by atoms with Gasteiger partial charge in [0, 0.05) is 24.0 Å². The molecule has 0 saturated heterocycles. The van der Waals surface area contributed by atoms with Crippen LogP contribution in [0.4, 0.5) is 16.2 Å². The first-order valence-corrected chi connectivity index (χ1v) is 9.07. The molecule has 1 unspecified atom stereocenters. The van der Waals surface area contributed by atoms with E-state index < -0.39 is 6.04 Å². The molecule has 0 aromatic heterocycles. The molecule has 0 heterocycles. The summed E-state index contributed by atoms with van der Waals surface area (Å²) in [5, 5.41) is 10.7. The molecule has 0 aliphatic carbocycles. The number of anilines is 2. The highest BCUT2D eigenvalue weighted by Crippen LogP contribution is 2.15. The smallest absolute Gasteiger partial charge is 0.318 e. The van der Waals surface area contributed by atoms with E-state index >= 15 is 0 Å². The lowest BCUT2D eigenvalue weighted by Crippen LogP contribution is -2.47. The average molecular weight is 382 g/mol. The summed E-state index contributed by atoms with van der Waals surface area (Å²) < 4.78 is 0. The lowest BCUT2D eigenvalue weighted by atomic mass is 10.0. The molecule has 1 atom stereocenters. The summed E-state index contributed by atoms with van der Waals surface area (Å²) in [6.07, 6.45) is 0. The maximum Gasteiger partial charge on any atom is 0.318 e. The number of benzene rings is 2. The minimum Gasteiger partial charge on any atom is -0.341 e. The first-order valence-electron chi connectivity index (χ1n) is 9.07. The fourth-order valence-corrected chi connectivity index (χ4v) is 2.60. The van der Waals surface area contributed by atoms with Crippen molar-refractivity contribution in [1.29, 1.82) is 0 Å². The van der Waals surface area contributed by atoms with Crippen LogP contribution in [0.2, 0.25) is 0 Å². The summed E-state index contributed by atoms with van der Waals surface area (Å²) in [6.45, 7) is 5.65. The Morgan fingerprint density at radius 3 is 2.04 bits per heavy atom. The second-order valence-electron chi connectivity index (χ2n) is 6.84. The van der Waals surface area contributed by atoms with Gasteiger partial charge in [0.25, 0.3) is 5.91 Å². The van der Waals surface area contributed by atoms with E-state index in [9.17, 15) is 14.4 Å². The van der Waals surface area contributed by atoms with E-state index in [0.717, 1.165) is 5.56 Å². The van der Waals surface area contributed by atoms with Crippen LogP contribution >= 0.6 is 0 Å². The van der Waals surface area contributed by atoms with E-state index in [1.807, 2.05) is 32.9 Å². The minimum absolute atomic E-state index is 0.0945. The molecule has 0 aliphatic heterocycles. The lowest BCUT2D eigenvalue weighted by Gasteiger charge is -2.22. The molecule has 28 heavy (non-hydrogen) atoms. The Labute approximate surface area is 164 Å². The van der Waals surface area contributed by atoms with Gasteiger partial charge in [-0.3, -0.25) is 9.59 Å². The van der Waals surface area contributed by atoms with Gasteiger partial charge in [-0.25, -0.2) is 4.79 Å². The van der Waals surface area contributed by atoms with Gasteiger partial charge in [-0.05, 0) is 49.2 Å². The second-order valence-corrected chi connectivity index (χ2v) is 6.84. The van der Waals surface area contributed by atoms with Crippen molar-refractivity contribution >= 4 is 29.2 Å². The van der Waals surface area contributed by atoms with Gasteiger partial charge in [-0.1, -0.05) is 31.5 Å². The van der Waals surface area contributed by atoms with Crippen molar-refractivity contribution in [3.8, 4) is 0 Å². The Morgan fingerprint density at radius 2 is 1.50 bits per heavy atom. The molecule has 4 N–H and O–H groups in total. The number of amides is 4. The Hall–Kier alpha value is -3.35. The summed E-state index contributed by atoms with van der Waals surface area (Å²) in [5.74, 6) is -0.686. The van der Waals surface area contributed by atoms with E-state index in [0.29, 0.717) is 16.9 Å². The molecular weight excluding hydrogens is 356 g/mol. The topological polar surface area (TPSA) is 99.3 Å². The summed E-state index contributed by atoms with van der Waals surface area (Å²) in [6, 6.07) is 12.9. The molecule has 0 radical (unpaired) electrons. The molecule has 7 heteroatoms. The number of rotatable bonds is 6. The first kappa shape index (κ1) is 21.0. The van der Waals surface area contributed by atoms with Crippen LogP contribution in [-0.2, 0) is 4.79 Å². The van der Waals surface area contributed by atoms with Gasteiger partial charge in [0.2, 0.25) is 5.91 Å². The zero-order valence-electron chi connectivity index (χ0n) is 16.5. The summed E-state index contributed by atoms with van der Waals surface area (Å²) in [4.78, 5) is 36.5. The van der Waals surface area contributed by atoms with Crippen molar-refractivity contribution in [3.63, 3.8) is 0 Å². The van der Waals surface area contributed by atoms with Crippen LogP contribution in [0.1, 0.15) is 29.8 Å². The zero-order chi connectivity index (χ0) is 20.7. The second kappa shape index (κ2) is 9.55. The third kappa shape index (κ3) is 5.84. The summed E-state index contributed by atoms with van der Waals surface area (Å²) in [5.41, 5.74) is 2.67. The van der Waals surface area contributed by atoms with Gasteiger partial charge in [0.15, 0.2) is 0 Å². The van der Waals surface area contributed by atoms with Crippen molar-refractivity contribution in [3.05, 3.63) is 59.7 Å². The lowest BCUT2D eigenvalue weighted by molar-refractivity contribution is -0.118. The van der Waals surface area contributed by atoms with Crippen molar-refractivity contribution in [2.24, 2.45) is 5.92 Å². The van der Waals surface area contributed by atoms with E-state index in [2.05, 4.69) is 21.3 Å². The molecule has 148 valence electrons. The number of urea groups is 1. The molecule has 7 nitrogen and oxygen atoms in total. The zero-order valence-corrected chi connectivity index (χ0v) is 16.5. The van der Waals surface area contributed by atoms with Gasteiger partial charge in [0.05, 0.1) is 0 Å². The predicted octanol–water partition coefficient (Wildman–Crippen LogP) is 3.14. The van der Waals surface area contributed by atoms with Crippen LogP contribution in [0.5, 0.6) is 0 Å². The number of hydrogen-bond acceptors (Lipinski definition) is 3. The highest BCUT2D eigenvalue weighted by Gasteiger charge is 2.24. The Kier molecular flexibility index (Phi) is 7.14. The third-order valence-corrected chi connectivity index (χ3v) is 4.15. The quantitative estimate of drug-likeness (QED) is 0.618. The van der Waals surface area contributed by atoms with E-state index in [4.69, 9.17) is 0 Å². The third-order valence-electron chi connectivity index (χ3n) is 4.15. The molecule has 2 aromatic rings. The fourth-order valence-electron chi connectivity index (χ4n) is 2.60. The van der Waals surface area contributed by atoms with Crippen LogP contribution in [0, 0.1) is 12.8 Å². The van der Waals surface area contributed by atoms with Gasteiger partial charge in [0.1, 0.15) is 6.04 Å². The molecule has 0 fully saturated rings. The van der Waals surface area contributed by atoms with Crippen LogP contribution in [0.3, 0.4) is 0 Å². The SMILES string of the molecule is CNC(=O)Nc1ccc(NC(=O)C(NC(=O)c2cccc(C)c2)C(C)C)cc1. The van der Waals surface area contributed by atoms with Gasteiger partial charge in [-0.2, -0.15) is 0 Å². The standard InChI is InChI=1S/C21H26N4O3/c1-13(2)18(25-19(26)15-7-5-6-14(3)12-15)20(27)23-16-8-10-17(11-9-16)24-21(28)22-4/h5-13,18H,1-4H3,(H,23,27)(H,25,26)(H2,22,24,28). The molecule has 0 bridgehead atoms. The fraction of sp³-hybridized carbons (Fsp3) is 0.286. The molecule has 2 rings (SSSR count). The molecule has 0 spiro atoms. The van der Waals surface area contributed by atoms with Crippen molar-refractivity contribution in [1.82, 2.24) is 10.6 Å². The number of carbonyl (C=O) groups is 3. The average Bonchev–Trinajstić information content (AvgIpc) is 2.66. The number of nitrogens with one attached hydrogen (secondary N) is 4. The molecular formula is C21H26N4O3. The molecule has 0 saturated carbocycles. The van der Waals surface area contributed by atoms with Gasteiger partial charge < -0.3 is 21.3 Å². The van der Waals surface area contributed by atoms with Gasteiger partial charge >= 0.3 is 6.03 Å². The Morgan fingerprint density at radius 1 is 0.893 bits per heavy atom. The summed E-state index contributed by atoms with van der Waals surface area (Å²) in [7, 11) is 1.53. The van der Waals surface area contributed by atoms with Gasteiger partial charge in [-0.15, -0.1) is 0 Å². The Balaban J connectivity index is 2.04. The van der Waals surface area contributed by atoms with Crippen LogP contribution < -0.4 is 21.3 Å². The first-order chi connectivity index (χ1) is 13.3. The highest BCUT2D eigenvalue weighted by molar-refractivity contribution is 6.01. The minimum atomic E-state index is -0.684. The van der Waals surface area contributed by atoms with Crippen molar-refractivity contribution in [2.45, 2.75) is 26.8 Å². The van der Waals surface area contributed by atoms with E-state index in [1.54, 1.807) is 36.4 Å². The normalized spacial score (nSPS) is 11.5. The number of aryl methyl sites for hydroxylation is 1. The number of hydrogen-bond donors (Lipinski definition) is 4. The van der Waals surface area contributed by atoms with Crippen LogP contribution in [0.25, 0.3) is 0 Å². The number of carbonyl (C=O) groups excluding carboxylic acids is 3. The molecule has 2 aromatic carbocycles. The predicted molar refractivity (Wildman–Crippen MR) is 110 cm³/mol. The van der Waals surface area contributed by atoms with Crippen molar-refractivity contribution in [2.75, 3.05) is 17.7 Å². The molecule has 0 aliphatic rings. The maximum absolute atomic E-state index is 12.7. The summed E-state index contributed by atoms with van der Waals surface area (Å²) >= 11 is 0. The largest absolute Gasteiger partial charge is 0.341 e. The maximum atomic E-state index is 12.7. The van der Waals surface area contributed by atoms with E-state index in [-0.39, 0.29) is 23.8 Å². The monoisotopic (exact) mass is 382 g/mol. The van der Waals surface area contributed by atoms with E-state index in [1.165, 1.54) is 7.05 Å². The van der Waals surface area contributed by atoms with Crippen molar-refractivity contribution < 1.29 is 14.4 Å². The van der Waals surface area contributed by atoms with Crippen LogP contribution in [-0.4, -0.2) is 30.9 Å². The highest BCUT2D eigenvalue weighted by atomic mass is 16.2. The Bertz CT molecular complexity index is 847. The molecule has 4 amide bonds. The van der Waals surface area contributed by atoms with Crippen LogP contribution in [0.15, 0.2) is 48.5 Å².